The van der Waals surface area contributed by atoms with Crippen LogP contribution in [0, 0.1) is 0 Å². The van der Waals surface area contributed by atoms with Crippen LogP contribution in [-0.4, -0.2) is 19.2 Å². The normalized spacial score (nSPS) is 9.00. The Kier molecular flexibility index (Phi) is 7.13. The predicted molar refractivity (Wildman–Crippen MR) is 47.6 cm³/mol. The van der Waals surface area contributed by atoms with Gasteiger partial charge in [-0.1, -0.05) is 6.58 Å². The van der Waals surface area contributed by atoms with E-state index in [9.17, 15) is 4.79 Å². The molecular weight excluding hydrogens is 156 g/mol. The molecule has 0 fully saturated rings. The van der Waals surface area contributed by atoms with Crippen molar-refractivity contribution in [3.05, 3.63) is 12.8 Å². The van der Waals surface area contributed by atoms with Crippen LogP contribution in [0.3, 0.4) is 0 Å². The van der Waals surface area contributed by atoms with E-state index >= 15 is 0 Å². The van der Waals surface area contributed by atoms with Gasteiger partial charge in [0.05, 0.1) is 12.9 Å². The summed E-state index contributed by atoms with van der Waals surface area (Å²) in [5, 5.41) is 2.51. The highest BCUT2D eigenvalue weighted by atomic mass is 16.5. The third-order valence-corrected chi connectivity index (χ3v) is 1.36. The first-order valence-corrected chi connectivity index (χ1v) is 4.03. The number of nitrogens with two attached hydrogens (primary N) is 1. The molecule has 0 bridgehead atoms. The van der Waals surface area contributed by atoms with Crippen molar-refractivity contribution >= 4 is 6.03 Å². The third-order valence-electron chi connectivity index (χ3n) is 1.36. The maximum atomic E-state index is 10.2. The summed E-state index contributed by atoms with van der Waals surface area (Å²) in [6.07, 6.45) is 4.37. The summed E-state index contributed by atoms with van der Waals surface area (Å²) < 4.78 is 4.91. The van der Waals surface area contributed by atoms with Crippen LogP contribution in [0.1, 0.15) is 19.3 Å². The molecule has 0 saturated heterocycles. The fourth-order valence-electron chi connectivity index (χ4n) is 0.782. The fraction of sp³-hybridized carbons (Fsp3) is 0.625. The van der Waals surface area contributed by atoms with Gasteiger partial charge in [-0.25, -0.2) is 4.79 Å². The van der Waals surface area contributed by atoms with Gasteiger partial charge in [0.15, 0.2) is 0 Å². The number of urea groups is 1. The Morgan fingerprint density at radius 2 is 2.25 bits per heavy atom. The van der Waals surface area contributed by atoms with Crippen molar-refractivity contribution in [3.63, 3.8) is 0 Å². The summed E-state index contributed by atoms with van der Waals surface area (Å²) in [4.78, 5) is 10.2. The van der Waals surface area contributed by atoms with Gasteiger partial charge in [0.25, 0.3) is 0 Å². The van der Waals surface area contributed by atoms with Crippen molar-refractivity contribution in [2.75, 3.05) is 13.2 Å². The zero-order chi connectivity index (χ0) is 9.23. The second-order valence-electron chi connectivity index (χ2n) is 2.39. The van der Waals surface area contributed by atoms with Crippen molar-refractivity contribution in [2.24, 2.45) is 5.73 Å². The largest absolute Gasteiger partial charge is 0.502 e. The van der Waals surface area contributed by atoms with Gasteiger partial charge in [-0.2, -0.15) is 0 Å². The Morgan fingerprint density at radius 1 is 1.50 bits per heavy atom. The topological polar surface area (TPSA) is 64.3 Å². The number of unbranched alkanes of at least 4 members (excludes halogenated alkanes) is 2. The number of hydrogen-bond donors (Lipinski definition) is 2. The number of carbonyl (C=O) groups excluding carboxylic acids is 1. The number of primary amides is 1. The highest BCUT2D eigenvalue weighted by molar-refractivity contribution is 5.71. The fourth-order valence-corrected chi connectivity index (χ4v) is 0.782. The van der Waals surface area contributed by atoms with Crippen molar-refractivity contribution in [3.8, 4) is 0 Å². The molecule has 3 N–H and O–H groups in total. The molecule has 0 aromatic heterocycles. The Balaban J connectivity index is 2.90. The van der Waals surface area contributed by atoms with Crippen LogP contribution in [0.25, 0.3) is 0 Å². The van der Waals surface area contributed by atoms with Gasteiger partial charge in [-0.05, 0) is 19.3 Å². The van der Waals surface area contributed by atoms with Crippen LogP contribution in [0.15, 0.2) is 12.8 Å². The molecule has 0 saturated carbocycles. The van der Waals surface area contributed by atoms with Crippen LogP contribution in [0.5, 0.6) is 0 Å². The zero-order valence-electron chi connectivity index (χ0n) is 7.21. The molecule has 2 amide bonds. The average Bonchev–Trinajstić information content (AvgIpc) is 2.02. The Labute approximate surface area is 72.8 Å². The van der Waals surface area contributed by atoms with Crippen molar-refractivity contribution < 1.29 is 9.53 Å². The minimum atomic E-state index is -0.461. The van der Waals surface area contributed by atoms with E-state index in [0.29, 0.717) is 13.2 Å². The molecular formula is C8H16N2O2. The molecule has 0 heterocycles. The first-order valence-electron chi connectivity index (χ1n) is 4.03. The molecule has 0 atom stereocenters. The number of rotatable bonds is 7. The van der Waals surface area contributed by atoms with E-state index < -0.39 is 6.03 Å². The number of amides is 2. The van der Waals surface area contributed by atoms with E-state index in [1.807, 2.05) is 0 Å². The molecule has 0 aromatic carbocycles. The first kappa shape index (κ1) is 10.8. The van der Waals surface area contributed by atoms with Gasteiger partial charge >= 0.3 is 6.03 Å². The van der Waals surface area contributed by atoms with Crippen LogP contribution in [-0.2, 0) is 4.74 Å². The molecule has 4 nitrogen and oxygen atoms in total. The number of ether oxygens (including phenoxy) is 1. The molecule has 0 unspecified atom stereocenters. The van der Waals surface area contributed by atoms with Gasteiger partial charge in [-0.3, -0.25) is 0 Å². The molecule has 0 aliphatic rings. The Hall–Kier alpha value is -1.19. The Morgan fingerprint density at radius 3 is 2.83 bits per heavy atom. The predicted octanol–water partition coefficient (Wildman–Crippen LogP) is 0.985. The molecule has 0 aromatic rings. The molecule has 12 heavy (non-hydrogen) atoms. The summed E-state index contributed by atoms with van der Waals surface area (Å²) in [5.74, 6) is 0. The monoisotopic (exact) mass is 172 g/mol. The second kappa shape index (κ2) is 7.91. The van der Waals surface area contributed by atoms with E-state index in [1.165, 1.54) is 6.26 Å². The summed E-state index contributed by atoms with van der Waals surface area (Å²) in [6.45, 7) is 4.76. The lowest BCUT2D eigenvalue weighted by Crippen LogP contribution is -2.29. The lowest BCUT2D eigenvalue weighted by molar-refractivity contribution is 0.240. The highest BCUT2D eigenvalue weighted by Gasteiger charge is 1.91. The lowest BCUT2D eigenvalue weighted by Gasteiger charge is -2.01. The van der Waals surface area contributed by atoms with Crippen LogP contribution < -0.4 is 11.1 Å². The molecule has 0 rings (SSSR count). The maximum absolute atomic E-state index is 10.2. The van der Waals surface area contributed by atoms with Crippen molar-refractivity contribution in [1.29, 1.82) is 0 Å². The van der Waals surface area contributed by atoms with E-state index in [2.05, 4.69) is 11.9 Å². The third kappa shape index (κ3) is 8.81. The van der Waals surface area contributed by atoms with Gasteiger partial charge in [-0.15, -0.1) is 0 Å². The van der Waals surface area contributed by atoms with Crippen molar-refractivity contribution in [2.45, 2.75) is 19.3 Å². The summed E-state index contributed by atoms with van der Waals surface area (Å²) in [6, 6.07) is -0.461. The van der Waals surface area contributed by atoms with E-state index in [1.54, 1.807) is 0 Å². The summed E-state index contributed by atoms with van der Waals surface area (Å²) in [5.41, 5.74) is 4.87. The van der Waals surface area contributed by atoms with Crippen LogP contribution >= 0.6 is 0 Å². The standard InChI is InChI=1S/C8H16N2O2/c1-2-12-7-5-3-4-6-10-8(9)11/h2H,1,3-7H2,(H3,9,10,11). The number of nitrogens with one attached hydrogen (secondary N) is 1. The minimum absolute atomic E-state index is 0.461. The van der Waals surface area contributed by atoms with Gasteiger partial charge in [0.1, 0.15) is 0 Å². The van der Waals surface area contributed by atoms with Crippen LogP contribution in [0.4, 0.5) is 4.79 Å². The van der Waals surface area contributed by atoms with Gasteiger partial charge in [0, 0.05) is 6.54 Å². The number of carbonyl (C=O) groups is 1. The smallest absolute Gasteiger partial charge is 0.312 e. The van der Waals surface area contributed by atoms with Gasteiger partial charge < -0.3 is 15.8 Å². The lowest BCUT2D eigenvalue weighted by atomic mass is 10.2. The highest BCUT2D eigenvalue weighted by Crippen LogP contribution is 1.94. The zero-order valence-corrected chi connectivity index (χ0v) is 7.21. The molecule has 0 aliphatic heterocycles. The minimum Gasteiger partial charge on any atom is -0.502 e. The SMILES string of the molecule is C=COCCCCCNC(N)=O. The second-order valence-corrected chi connectivity index (χ2v) is 2.39. The average molecular weight is 172 g/mol. The van der Waals surface area contributed by atoms with E-state index in [0.717, 1.165) is 19.3 Å². The summed E-state index contributed by atoms with van der Waals surface area (Å²) in [7, 11) is 0. The molecule has 70 valence electrons. The van der Waals surface area contributed by atoms with Crippen LogP contribution in [0.2, 0.25) is 0 Å². The Bertz CT molecular complexity index is 137. The van der Waals surface area contributed by atoms with Gasteiger partial charge in [0.2, 0.25) is 0 Å². The number of hydrogen-bond acceptors (Lipinski definition) is 2. The molecule has 0 spiro atoms. The quantitative estimate of drug-likeness (QED) is 0.444. The maximum Gasteiger partial charge on any atom is 0.312 e. The molecule has 4 heteroatoms. The first-order chi connectivity index (χ1) is 5.77. The van der Waals surface area contributed by atoms with E-state index in [-0.39, 0.29) is 0 Å². The van der Waals surface area contributed by atoms with Crippen molar-refractivity contribution in [1.82, 2.24) is 5.32 Å². The van der Waals surface area contributed by atoms with E-state index in [4.69, 9.17) is 10.5 Å². The molecule has 0 aliphatic carbocycles. The molecule has 0 radical (unpaired) electrons. The summed E-state index contributed by atoms with van der Waals surface area (Å²) >= 11 is 0.